The summed E-state index contributed by atoms with van der Waals surface area (Å²) in [6, 6.07) is 9.99. The SMILES string of the molecule is C[C@@H](NC1CC2CC1C1CCCC21)c1cccc(Br)c1. The van der Waals surface area contributed by atoms with Crippen molar-refractivity contribution in [2.75, 3.05) is 0 Å². The minimum Gasteiger partial charge on any atom is -0.307 e. The molecule has 4 rings (SSSR count). The average Bonchev–Trinajstić information content (AvgIpc) is 3.10. The Morgan fingerprint density at radius 3 is 2.85 bits per heavy atom. The number of benzene rings is 1. The van der Waals surface area contributed by atoms with Crippen molar-refractivity contribution in [1.82, 2.24) is 5.32 Å². The van der Waals surface area contributed by atoms with E-state index in [0.29, 0.717) is 6.04 Å². The van der Waals surface area contributed by atoms with Gasteiger partial charge in [0.15, 0.2) is 0 Å². The van der Waals surface area contributed by atoms with Gasteiger partial charge >= 0.3 is 0 Å². The van der Waals surface area contributed by atoms with Gasteiger partial charge in [0, 0.05) is 16.6 Å². The molecule has 3 saturated carbocycles. The normalized spacial score (nSPS) is 40.0. The van der Waals surface area contributed by atoms with Crippen LogP contribution in [0.15, 0.2) is 28.7 Å². The summed E-state index contributed by atoms with van der Waals surface area (Å²) in [4.78, 5) is 0. The largest absolute Gasteiger partial charge is 0.307 e. The molecule has 3 aliphatic carbocycles. The minimum atomic E-state index is 0.469. The molecule has 5 unspecified atom stereocenters. The molecule has 3 aliphatic rings. The Bertz CT molecular complexity index is 500. The molecule has 6 atom stereocenters. The number of nitrogens with one attached hydrogen (secondary N) is 1. The quantitative estimate of drug-likeness (QED) is 0.827. The lowest BCUT2D eigenvalue weighted by Gasteiger charge is -2.34. The summed E-state index contributed by atoms with van der Waals surface area (Å²) in [7, 11) is 0. The highest BCUT2D eigenvalue weighted by Crippen LogP contribution is 2.58. The summed E-state index contributed by atoms with van der Waals surface area (Å²) in [5.74, 6) is 4.17. The molecule has 108 valence electrons. The lowest BCUT2D eigenvalue weighted by atomic mass is 9.79. The summed E-state index contributed by atoms with van der Waals surface area (Å²) in [6.07, 6.45) is 7.48. The molecule has 0 heterocycles. The summed E-state index contributed by atoms with van der Waals surface area (Å²) in [5.41, 5.74) is 1.41. The third-order valence-corrected chi connectivity index (χ3v) is 6.73. The van der Waals surface area contributed by atoms with E-state index in [0.717, 1.165) is 29.7 Å². The Balaban J connectivity index is 1.45. The zero-order chi connectivity index (χ0) is 13.7. The van der Waals surface area contributed by atoms with E-state index >= 15 is 0 Å². The van der Waals surface area contributed by atoms with Crippen LogP contribution in [0.3, 0.4) is 0 Å². The van der Waals surface area contributed by atoms with Gasteiger partial charge in [-0.1, -0.05) is 34.5 Å². The molecule has 20 heavy (non-hydrogen) atoms. The fourth-order valence-corrected chi connectivity index (χ4v) is 5.87. The van der Waals surface area contributed by atoms with Gasteiger partial charge in [-0.2, -0.15) is 0 Å². The van der Waals surface area contributed by atoms with Gasteiger partial charge in [0.05, 0.1) is 0 Å². The second-order valence-corrected chi connectivity index (χ2v) is 8.12. The highest BCUT2D eigenvalue weighted by molar-refractivity contribution is 9.10. The molecule has 0 saturated heterocycles. The minimum absolute atomic E-state index is 0.469. The monoisotopic (exact) mass is 333 g/mol. The number of hydrogen-bond donors (Lipinski definition) is 1. The zero-order valence-electron chi connectivity index (χ0n) is 12.2. The zero-order valence-corrected chi connectivity index (χ0v) is 13.8. The van der Waals surface area contributed by atoms with Crippen LogP contribution in [0.1, 0.15) is 50.6 Å². The molecule has 1 N–H and O–H groups in total. The molecule has 1 nitrogen and oxygen atoms in total. The van der Waals surface area contributed by atoms with E-state index in [4.69, 9.17) is 0 Å². The molecule has 0 aliphatic heterocycles. The number of fused-ring (bicyclic) bond motifs is 5. The first-order valence-electron chi connectivity index (χ1n) is 8.24. The summed E-state index contributed by atoms with van der Waals surface area (Å²) >= 11 is 3.58. The molecule has 0 aromatic heterocycles. The van der Waals surface area contributed by atoms with Gasteiger partial charge < -0.3 is 5.32 Å². The van der Waals surface area contributed by atoms with Crippen molar-refractivity contribution < 1.29 is 0 Å². The predicted octanol–water partition coefficient (Wildman–Crippen LogP) is 4.92. The summed E-state index contributed by atoms with van der Waals surface area (Å²) in [6.45, 7) is 2.32. The highest BCUT2D eigenvalue weighted by atomic mass is 79.9. The molecule has 2 bridgehead atoms. The van der Waals surface area contributed by atoms with Gasteiger partial charge in [-0.3, -0.25) is 0 Å². The summed E-state index contributed by atoms with van der Waals surface area (Å²) in [5, 5.41) is 3.95. The molecule has 0 radical (unpaired) electrons. The van der Waals surface area contributed by atoms with Crippen LogP contribution in [0, 0.1) is 23.7 Å². The van der Waals surface area contributed by atoms with E-state index in [-0.39, 0.29) is 0 Å². The fourth-order valence-electron chi connectivity index (χ4n) is 5.45. The van der Waals surface area contributed by atoms with Crippen molar-refractivity contribution >= 4 is 15.9 Å². The van der Waals surface area contributed by atoms with Gasteiger partial charge in [0.1, 0.15) is 0 Å². The Hall–Kier alpha value is -0.340. The molecule has 0 spiro atoms. The maximum atomic E-state index is 3.95. The maximum Gasteiger partial charge on any atom is 0.0294 e. The first kappa shape index (κ1) is 13.3. The van der Waals surface area contributed by atoms with Crippen molar-refractivity contribution in [3.05, 3.63) is 34.3 Å². The van der Waals surface area contributed by atoms with Gasteiger partial charge in [-0.05, 0) is 74.0 Å². The van der Waals surface area contributed by atoms with Crippen LogP contribution in [0.25, 0.3) is 0 Å². The van der Waals surface area contributed by atoms with Crippen molar-refractivity contribution in [3.63, 3.8) is 0 Å². The standard InChI is InChI=1S/C18H24BrN/c1-11(12-4-2-5-14(19)8-12)20-18-10-13-9-17(18)16-7-3-6-15(13)16/h2,4-5,8,11,13,15-18,20H,3,6-7,9-10H2,1H3/t11-,13?,15?,16?,17?,18?/m1/s1. The van der Waals surface area contributed by atoms with Gasteiger partial charge in [-0.15, -0.1) is 0 Å². The first-order chi connectivity index (χ1) is 9.72. The fraction of sp³-hybridized carbons (Fsp3) is 0.667. The van der Waals surface area contributed by atoms with Gasteiger partial charge in [0.25, 0.3) is 0 Å². The van der Waals surface area contributed by atoms with Crippen molar-refractivity contribution in [2.45, 2.75) is 51.1 Å². The molecule has 1 aromatic carbocycles. The average molecular weight is 334 g/mol. The second-order valence-electron chi connectivity index (χ2n) is 7.20. The van der Waals surface area contributed by atoms with Gasteiger partial charge in [0.2, 0.25) is 0 Å². The Morgan fingerprint density at radius 2 is 2.00 bits per heavy atom. The molecular formula is C18H24BrN. The number of halogens is 1. The van der Waals surface area contributed by atoms with E-state index in [1.807, 2.05) is 0 Å². The third-order valence-electron chi connectivity index (χ3n) is 6.24. The number of hydrogen-bond acceptors (Lipinski definition) is 1. The molecular weight excluding hydrogens is 310 g/mol. The van der Waals surface area contributed by atoms with E-state index < -0.39 is 0 Å². The van der Waals surface area contributed by atoms with E-state index in [9.17, 15) is 0 Å². The van der Waals surface area contributed by atoms with E-state index in [1.165, 1.54) is 42.1 Å². The van der Waals surface area contributed by atoms with E-state index in [1.54, 1.807) is 0 Å². The van der Waals surface area contributed by atoms with Crippen LogP contribution in [0.5, 0.6) is 0 Å². The van der Waals surface area contributed by atoms with E-state index in [2.05, 4.69) is 52.4 Å². The highest BCUT2D eigenvalue weighted by Gasteiger charge is 2.53. The van der Waals surface area contributed by atoms with Crippen LogP contribution in [0.4, 0.5) is 0 Å². The third kappa shape index (κ3) is 2.16. The lowest BCUT2D eigenvalue weighted by Crippen LogP contribution is -2.40. The predicted molar refractivity (Wildman–Crippen MR) is 86.5 cm³/mol. The topological polar surface area (TPSA) is 12.0 Å². The maximum absolute atomic E-state index is 3.95. The van der Waals surface area contributed by atoms with Crippen molar-refractivity contribution in [1.29, 1.82) is 0 Å². The first-order valence-corrected chi connectivity index (χ1v) is 9.03. The smallest absolute Gasteiger partial charge is 0.0294 e. The van der Waals surface area contributed by atoms with Gasteiger partial charge in [-0.25, -0.2) is 0 Å². The molecule has 2 heteroatoms. The molecule has 1 aromatic rings. The van der Waals surface area contributed by atoms with Crippen LogP contribution in [-0.4, -0.2) is 6.04 Å². The number of rotatable bonds is 3. The van der Waals surface area contributed by atoms with Crippen LogP contribution >= 0.6 is 15.9 Å². The van der Waals surface area contributed by atoms with Crippen LogP contribution in [-0.2, 0) is 0 Å². The Labute approximate surface area is 130 Å². The Kier molecular flexibility index (Phi) is 3.42. The van der Waals surface area contributed by atoms with Crippen LogP contribution in [0.2, 0.25) is 0 Å². The van der Waals surface area contributed by atoms with Crippen LogP contribution < -0.4 is 5.32 Å². The lowest BCUT2D eigenvalue weighted by molar-refractivity contribution is 0.200. The second kappa shape index (κ2) is 5.14. The van der Waals surface area contributed by atoms with Crippen molar-refractivity contribution in [2.24, 2.45) is 23.7 Å². The Morgan fingerprint density at radius 1 is 1.15 bits per heavy atom. The van der Waals surface area contributed by atoms with Crippen molar-refractivity contribution in [3.8, 4) is 0 Å². The molecule has 3 fully saturated rings. The molecule has 0 amide bonds. The summed E-state index contributed by atoms with van der Waals surface area (Å²) < 4.78 is 1.19.